The lowest BCUT2D eigenvalue weighted by Gasteiger charge is -2.31. The summed E-state index contributed by atoms with van der Waals surface area (Å²) in [5.74, 6) is 1.01. The molecule has 2 aromatic heterocycles. The lowest BCUT2D eigenvalue weighted by molar-refractivity contribution is -0.135. The van der Waals surface area contributed by atoms with E-state index in [-0.39, 0.29) is 24.5 Å². The lowest BCUT2D eigenvalue weighted by Crippen LogP contribution is -2.43. The fourth-order valence-corrected chi connectivity index (χ4v) is 3.35. The number of carbonyl (C=O) groups is 1. The number of aryl methyl sites for hydroxylation is 1. The number of nitrogens with zero attached hydrogens (tertiary/aromatic N) is 4. The summed E-state index contributed by atoms with van der Waals surface area (Å²) in [5, 5.41) is 9.09. The van der Waals surface area contributed by atoms with Crippen LogP contribution in [0.3, 0.4) is 0 Å². The van der Waals surface area contributed by atoms with Gasteiger partial charge in [0, 0.05) is 29.9 Å². The molecule has 0 spiro atoms. The summed E-state index contributed by atoms with van der Waals surface area (Å²) in [6.45, 7) is 10.1. The van der Waals surface area contributed by atoms with E-state index in [1.54, 1.807) is 6.92 Å². The van der Waals surface area contributed by atoms with Gasteiger partial charge in [-0.2, -0.15) is 0 Å². The number of aromatic nitrogens is 3. The highest BCUT2D eigenvalue weighted by atomic mass is 16.4. The highest BCUT2D eigenvalue weighted by Gasteiger charge is 2.23. The molecule has 1 amide bonds. The molecule has 6 nitrogen and oxygen atoms in total. The Labute approximate surface area is 147 Å². The van der Waals surface area contributed by atoms with E-state index < -0.39 is 0 Å². The van der Waals surface area contributed by atoms with E-state index in [4.69, 9.17) is 4.42 Å². The van der Waals surface area contributed by atoms with Gasteiger partial charge in [-0.05, 0) is 39.8 Å². The third kappa shape index (κ3) is 3.29. The lowest BCUT2D eigenvalue weighted by atomic mass is 10.2. The standard InChI is InChI=1S/C19H24N4O2/c1-12(2)23(13(3)4)18(24)11-22-16-9-7-6-8-15(16)10-17(22)19-21-20-14(5)25-19/h6-10,12-13H,11H2,1-5H3. The van der Waals surface area contributed by atoms with Gasteiger partial charge in [0.05, 0.1) is 0 Å². The zero-order valence-corrected chi connectivity index (χ0v) is 15.4. The predicted molar refractivity (Wildman–Crippen MR) is 97.1 cm³/mol. The molecule has 132 valence electrons. The maximum atomic E-state index is 13.0. The zero-order chi connectivity index (χ0) is 18.1. The van der Waals surface area contributed by atoms with Gasteiger partial charge in [-0.1, -0.05) is 18.2 Å². The average Bonchev–Trinajstić information content (AvgIpc) is 3.11. The summed E-state index contributed by atoms with van der Waals surface area (Å²) < 4.78 is 7.57. The number of hydrogen-bond donors (Lipinski definition) is 0. The van der Waals surface area contributed by atoms with Gasteiger partial charge in [-0.3, -0.25) is 4.79 Å². The molecule has 2 heterocycles. The van der Waals surface area contributed by atoms with E-state index in [0.29, 0.717) is 11.8 Å². The molecule has 0 aliphatic carbocycles. The first kappa shape index (κ1) is 17.2. The highest BCUT2D eigenvalue weighted by Crippen LogP contribution is 2.28. The molecule has 0 saturated heterocycles. The smallest absolute Gasteiger partial charge is 0.264 e. The molecule has 6 heteroatoms. The van der Waals surface area contributed by atoms with E-state index in [1.807, 2.05) is 67.5 Å². The van der Waals surface area contributed by atoms with Crippen LogP contribution in [0, 0.1) is 6.92 Å². The number of hydrogen-bond acceptors (Lipinski definition) is 4. The van der Waals surface area contributed by atoms with Crippen molar-refractivity contribution in [3.05, 3.63) is 36.2 Å². The molecule has 0 bridgehead atoms. The Bertz CT molecular complexity index is 884. The number of fused-ring (bicyclic) bond motifs is 1. The van der Waals surface area contributed by atoms with Crippen molar-refractivity contribution in [2.75, 3.05) is 0 Å². The van der Waals surface area contributed by atoms with Crippen LogP contribution in [0.2, 0.25) is 0 Å². The minimum absolute atomic E-state index is 0.0730. The van der Waals surface area contributed by atoms with Crippen molar-refractivity contribution in [3.8, 4) is 11.6 Å². The van der Waals surface area contributed by atoms with Crippen molar-refractivity contribution in [2.45, 2.75) is 53.2 Å². The fourth-order valence-electron chi connectivity index (χ4n) is 3.35. The number of amides is 1. The summed E-state index contributed by atoms with van der Waals surface area (Å²) in [7, 11) is 0. The molecule has 0 radical (unpaired) electrons. The summed E-state index contributed by atoms with van der Waals surface area (Å²) in [5.41, 5.74) is 1.75. The van der Waals surface area contributed by atoms with E-state index in [2.05, 4.69) is 10.2 Å². The van der Waals surface area contributed by atoms with Crippen molar-refractivity contribution >= 4 is 16.8 Å². The van der Waals surface area contributed by atoms with Crippen LogP contribution in [0.1, 0.15) is 33.6 Å². The quantitative estimate of drug-likeness (QED) is 0.711. The van der Waals surface area contributed by atoms with Gasteiger partial charge in [0.1, 0.15) is 12.2 Å². The Morgan fingerprint density at radius 1 is 1.16 bits per heavy atom. The summed E-state index contributed by atoms with van der Waals surface area (Å²) in [6, 6.07) is 10.2. The Morgan fingerprint density at radius 2 is 1.84 bits per heavy atom. The molecule has 25 heavy (non-hydrogen) atoms. The number of para-hydroxylation sites is 1. The van der Waals surface area contributed by atoms with Gasteiger partial charge in [0.2, 0.25) is 11.8 Å². The van der Waals surface area contributed by atoms with Crippen LogP contribution in [0.15, 0.2) is 34.7 Å². The van der Waals surface area contributed by atoms with Crippen LogP contribution in [-0.2, 0) is 11.3 Å². The van der Waals surface area contributed by atoms with Crippen LogP contribution < -0.4 is 0 Å². The number of benzene rings is 1. The van der Waals surface area contributed by atoms with Gasteiger partial charge < -0.3 is 13.9 Å². The summed E-state index contributed by atoms with van der Waals surface area (Å²) in [4.78, 5) is 14.9. The molecule has 3 aromatic rings. The second kappa shape index (κ2) is 6.70. The normalized spacial score (nSPS) is 11.6. The predicted octanol–water partition coefficient (Wildman–Crippen LogP) is 3.65. The van der Waals surface area contributed by atoms with Gasteiger partial charge in [-0.25, -0.2) is 0 Å². The number of carbonyl (C=O) groups excluding carboxylic acids is 1. The SMILES string of the molecule is Cc1nnc(-c2cc3ccccc3n2CC(=O)N(C(C)C)C(C)C)o1. The van der Waals surface area contributed by atoms with Crippen molar-refractivity contribution in [1.82, 2.24) is 19.7 Å². The van der Waals surface area contributed by atoms with Crippen molar-refractivity contribution < 1.29 is 9.21 Å². The maximum absolute atomic E-state index is 13.0. The van der Waals surface area contributed by atoms with Gasteiger partial charge >= 0.3 is 0 Å². The van der Waals surface area contributed by atoms with Crippen molar-refractivity contribution in [1.29, 1.82) is 0 Å². The zero-order valence-electron chi connectivity index (χ0n) is 15.4. The molecule has 0 aliphatic heterocycles. The van der Waals surface area contributed by atoms with Crippen molar-refractivity contribution in [3.63, 3.8) is 0 Å². The second-order valence-electron chi connectivity index (χ2n) is 6.79. The molecule has 3 rings (SSSR count). The van der Waals surface area contributed by atoms with Crippen LogP contribution >= 0.6 is 0 Å². The molecule has 0 unspecified atom stereocenters. The van der Waals surface area contributed by atoms with Crippen LogP contribution in [-0.4, -0.2) is 37.7 Å². The molecular formula is C19H24N4O2. The van der Waals surface area contributed by atoms with Gasteiger partial charge in [0.25, 0.3) is 5.89 Å². The van der Waals surface area contributed by atoms with Crippen molar-refractivity contribution in [2.24, 2.45) is 0 Å². The minimum Gasteiger partial charge on any atom is -0.420 e. The monoisotopic (exact) mass is 340 g/mol. The van der Waals surface area contributed by atoms with E-state index in [1.165, 1.54) is 0 Å². The highest BCUT2D eigenvalue weighted by molar-refractivity contribution is 5.88. The first-order valence-electron chi connectivity index (χ1n) is 8.58. The molecule has 0 N–H and O–H groups in total. The van der Waals surface area contributed by atoms with Crippen LogP contribution in [0.4, 0.5) is 0 Å². The van der Waals surface area contributed by atoms with E-state index in [9.17, 15) is 4.79 Å². The summed E-state index contributed by atoms with van der Waals surface area (Å²) in [6.07, 6.45) is 0. The fraction of sp³-hybridized carbons (Fsp3) is 0.421. The molecule has 0 aliphatic rings. The van der Waals surface area contributed by atoms with Gasteiger partial charge in [0.15, 0.2) is 0 Å². The summed E-state index contributed by atoms with van der Waals surface area (Å²) >= 11 is 0. The topological polar surface area (TPSA) is 64.2 Å². The number of rotatable bonds is 5. The average molecular weight is 340 g/mol. The first-order chi connectivity index (χ1) is 11.9. The Balaban J connectivity index is 2.06. The third-order valence-electron chi connectivity index (χ3n) is 4.25. The second-order valence-corrected chi connectivity index (χ2v) is 6.79. The molecule has 0 fully saturated rings. The molecule has 0 atom stereocenters. The Morgan fingerprint density at radius 3 is 2.44 bits per heavy atom. The largest absolute Gasteiger partial charge is 0.420 e. The van der Waals surface area contributed by atoms with E-state index >= 15 is 0 Å². The Kier molecular flexibility index (Phi) is 4.61. The molecule has 1 aromatic carbocycles. The van der Waals surface area contributed by atoms with Crippen LogP contribution in [0.25, 0.3) is 22.5 Å². The molecule has 0 saturated carbocycles. The molecular weight excluding hydrogens is 316 g/mol. The third-order valence-corrected chi connectivity index (χ3v) is 4.25. The van der Waals surface area contributed by atoms with Gasteiger partial charge in [-0.15, -0.1) is 10.2 Å². The van der Waals surface area contributed by atoms with E-state index in [0.717, 1.165) is 16.6 Å². The minimum atomic E-state index is 0.0730. The first-order valence-corrected chi connectivity index (χ1v) is 8.58. The van der Waals surface area contributed by atoms with Crippen LogP contribution in [0.5, 0.6) is 0 Å². The Hall–Kier alpha value is -2.63. The maximum Gasteiger partial charge on any atom is 0.264 e.